The first-order valence-electron chi connectivity index (χ1n) is 4.82. The third-order valence-electron chi connectivity index (χ3n) is 3.12. The van der Waals surface area contributed by atoms with Crippen LogP contribution in [0, 0.1) is 6.92 Å². The molecule has 0 unspecified atom stereocenters. The Morgan fingerprint density at radius 1 is 1.43 bits per heavy atom. The van der Waals surface area contributed by atoms with Crippen LogP contribution in [0.25, 0.3) is 0 Å². The first-order chi connectivity index (χ1) is 6.54. The topological polar surface area (TPSA) is 46.2 Å². The first-order valence-corrected chi connectivity index (χ1v) is 5.61. The molecule has 0 radical (unpaired) electrons. The van der Waals surface area contributed by atoms with Gasteiger partial charge in [0.25, 0.3) is 0 Å². The molecule has 0 amide bonds. The Morgan fingerprint density at radius 2 is 2.07 bits per heavy atom. The van der Waals surface area contributed by atoms with Crippen molar-refractivity contribution in [3.63, 3.8) is 0 Å². The van der Waals surface area contributed by atoms with Gasteiger partial charge in [-0.2, -0.15) is 0 Å². The molecular weight excluding hydrogens is 242 g/mol. The summed E-state index contributed by atoms with van der Waals surface area (Å²) in [6.07, 6.45) is 3.09. The van der Waals surface area contributed by atoms with Crippen molar-refractivity contribution in [1.29, 1.82) is 0 Å². The highest BCUT2D eigenvalue weighted by Crippen LogP contribution is 2.45. The van der Waals surface area contributed by atoms with Gasteiger partial charge in [0.05, 0.1) is 0 Å². The van der Waals surface area contributed by atoms with Crippen molar-refractivity contribution < 1.29 is 5.11 Å². The van der Waals surface area contributed by atoms with Gasteiger partial charge in [-0.15, -0.1) is 0 Å². The average Bonchev–Trinajstić information content (AvgIpc) is 2.09. The highest BCUT2D eigenvalue weighted by Gasteiger charge is 2.37. The molecule has 1 aromatic carbocycles. The van der Waals surface area contributed by atoms with Crippen molar-refractivity contribution in [3.05, 3.63) is 27.7 Å². The van der Waals surface area contributed by atoms with Gasteiger partial charge in [-0.1, -0.05) is 15.9 Å². The van der Waals surface area contributed by atoms with E-state index < -0.39 is 0 Å². The minimum atomic E-state index is -0.294. The lowest BCUT2D eigenvalue weighted by Gasteiger charge is -2.40. The Hall–Kier alpha value is -0.540. The maximum atomic E-state index is 9.82. The Morgan fingerprint density at radius 3 is 2.57 bits per heavy atom. The Balaban J connectivity index is 2.56. The zero-order chi connectivity index (χ0) is 10.3. The van der Waals surface area contributed by atoms with E-state index in [1.807, 2.05) is 13.0 Å². The Labute approximate surface area is 92.3 Å². The van der Waals surface area contributed by atoms with Crippen LogP contribution in [0.15, 0.2) is 16.6 Å². The molecule has 0 spiro atoms. The monoisotopic (exact) mass is 255 g/mol. The molecule has 2 nitrogen and oxygen atoms in total. The number of hydrogen-bond donors (Lipinski definition) is 2. The van der Waals surface area contributed by atoms with Crippen LogP contribution < -0.4 is 5.73 Å². The first kappa shape index (κ1) is 9.99. The zero-order valence-electron chi connectivity index (χ0n) is 8.18. The molecule has 0 saturated heterocycles. The molecular formula is C11H14BrNO. The molecule has 14 heavy (non-hydrogen) atoms. The van der Waals surface area contributed by atoms with Gasteiger partial charge in [-0.25, -0.2) is 0 Å². The summed E-state index contributed by atoms with van der Waals surface area (Å²) in [5, 5.41) is 9.82. The number of benzene rings is 1. The van der Waals surface area contributed by atoms with E-state index in [9.17, 15) is 5.11 Å². The number of aromatic hydroxyl groups is 1. The second kappa shape index (κ2) is 3.24. The minimum Gasteiger partial charge on any atom is -0.508 e. The molecule has 3 heteroatoms. The van der Waals surface area contributed by atoms with Crippen LogP contribution in [0.4, 0.5) is 0 Å². The minimum absolute atomic E-state index is 0.294. The molecule has 0 atom stereocenters. The van der Waals surface area contributed by atoms with Crippen LogP contribution in [0.1, 0.15) is 30.4 Å². The van der Waals surface area contributed by atoms with Gasteiger partial charge in [0.2, 0.25) is 0 Å². The molecule has 1 aliphatic carbocycles. The van der Waals surface area contributed by atoms with Crippen LogP contribution in [-0.4, -0.2) is 5.11 Å². The van der Waals surface area contributed by atoms with Crippen LogP contribution in [0.3, 0.4) is 0 Å². The zero-order valence-corrected chi connectivity index (χ0v) is 9.76. The lowest BCUT2D eigenvalue weighted by atomic mass is 9.71. The van der Waals surface area contributed by atoms with E-state index in [4.69, 9.17) is 5.73 Å². The summed E-state index contributed by atoms with van der Waals surface area (Å²) in [5.74, 6) is 0.327. The molecule has 1 aliphatic rings. The highest BCUT2D eigenvalue weighted by atomic mass is 79.9. The van der Waals surface area contributed by atoms with Crippen LogP contribution >= 0.6 is 15.9 Å². The van der Waals surface area contributed by atoms with Crippen molar-refractivity contribution >= 4 is 15.9 Å². The van der Waals surface area contributed by atoms with E-state index in [2.05, 4.69) is 15.9 Å². The number of phenolic OH excluding ortho intramolecular Hbond substituents is 1. The maximum absolute atomic E-state index is 9.82. The Bertz CT molecular complexity index is 372. The lowest BCUT2D eigenvalue weighted by molar-refractivity contribution is 0.244. The van der Waals surface area contributed by atoms with Crippen molar-refractivity contribution in [2.24, 2.45) is 5.73 Å². The number of phenols is 1. The summed E-state index contributed by atoms with van der Waals surface area (Å²) in [6, 6.07) is 3.57. The number of rotatable bonds is 1. The molecule has 1 fully saturated rings. The number of hydrogen-bond acceptors (Lipinski definition) is 2. The van der Waals surface area contributed by atoms with Crippen LogP contribution in [0.5, 0.6) is 5.75 Å². The third-order valence-corrected chi connectivity index (χ3v) is 3.98. The maximum Gasteiger partial charge on any atom is 0.120 e. The largest absolute Gasteiger partial charge is 0.508 e. The molecule has 0 heterocycles. The van der Waals surface area contributed by atoms with Crippen LogP contribution in [-0.2, 0) is 5.54 Å². The van der Waals surface area contributed by atoms with Gasteiger partial charge in [0.1, 0.15) is 5.75 Å². The second-order valence-corrected chi connectivity index (χ2v) is 4.93. The lowest BCUT2D eigenvalue weighted by Crippen LogP contribution is -2.43. The fraction of sp³-hybridized carbons (Fsp3) is 0.455. The van der Waals surface area contributed by atoms with E-state index in [0.717, 1.165) is 34.9 Å². The predicted octanol–water partition coefficient (Wildman–Crippen LogP) is 2.80. The quantitative estimate of drug-likeness (QED) is 0.811. The number of nitrogens with two attached hydrogens (primary N) is 1. The summed E-state index contributed by atoms with van der Waals surface area (Å²) >= 11 is 3.46. The molecule has 76 valence electrons. The van der Waals surface area contributed by atoms with Gasteiger partial charge < -0.3 is 10.8 Å². The third kappa shape index (κ3) is 1.35. The summed E-state index contributed by atoms with van der Waals surface area (Å²) in [4.78, 5) is 0. The van der Waals surface area contributed by atoms with E-state index >= 15 is 0 Å². The average molecular weight is 256 g/mol. The van der Waals surface area contributed by atoms with Gasteiger partial charge in [-0.05, 0) is 43.9 Å². The fourth-order valence-electron chi connectivity index (χ4n) is 2.11. The van der Waals surface area contributed by atoms with Crippen molar-refractivity contribution in [1.82, 2.24) is 0 Å². The molecule has 2 rings (SSSR count). The summed E-state index contributed by atoms with van der Waals surface area (Å²) in [5.41, 5.74) is 7.90. The second-order valence-electron chi connectivity index (χ2n) is 4.08. The molecule has 1 saturated carbocycles. The van der Waals surface area contributed by atoms with Gasteiger partial charge in [0.15, 0.2) is 0 Å². The van der Waals surface area contributed by atoms with Crippen molar-refractivity contribution in [2.45, 2.75) is 31.7 Å². The molecule has 0 aliphatic heterocycles. The smallest absolute Gasteiger partial charge is 0.120 e. The molecule has 3 N–H and O–H groups in total. The van der Waals surface area contributed by atoms with Crippen LogP contribution in [0.2, 0.25) is 0 Å². The van der Waals surface area contributed by atoms with Crippen molar-refractivity contribution in [3.8, 4) is 5.75 Å². The molecule has 0 aromatic heterocycles. The normalized spacial score (nSPS) is 19.1. The van der Waals surface area contributed by atoms with E-state index in [1.54, 1.807) is 6.07 Å². The van der Waals surface area contributed by atoms with E-state index in [1.165, 1.54) is 0 Å². The SMILES string of the molecule is Cc1c(Br)ccc(O)c1C1(N)CCC1. The van der Waals surface area contributed by atoms with E-state index in [-0.39, 0.29) is 5.54 Å². The van der Waals surface area contributed by atoms with Gasteiger partial charge in [0, 0.05) is 15.6 Å². The molecule has 0 bridgehead atoms. The standard InChI is InChI=1S/C11H14BrNO/c1-7-8(12)3-4-9(14)10(7)11(13)5-2-6-11/h3-4,14H,2,5-6,13H2,1H3. The highest BCUT2D eigenvalue weighted by molar-refractivity contribution is 9.10. The summed E-state index contributed by atoms with van der Waals surface area (Å²) in [7, 11) is 0. The predicted molar refractivity (Wildman–Crippen MR) is 60.3 cm³/mol. The van der Waals surface area contributed by atoms with Crippen molar-refractivity contribution in [2.75, 3.05) is 0 Å². The Kier molecular flexibility index (Phi) is 2.32. The van der Waals surface area contributed by atoms with Gasteiger partial charge >= 0.3 is 0 Å². The molecule has 1 aromatic rings. The van der Waals surface area contributed by atoms with Gasteiger partial charge in [-0.3, -0.25) is 0 Å². The summed E-state index contributed by atoms with van der Waals surface area (Å²) < 4.78 is 1.02. The fourth-order valence-corrected chi connectivity index (χ4v) is 2.44. The van der Waals surface area contributed by atoms with E-state index in [0.29, 0.717) is 5.75 Å². The summed E-state index contributed by atoms with van der Waals surface area (Å²) in [6.45, 7) is 1.99. The number of halogens is 1.